The lowest BCUT2D eigenvalue weighted by Gasteiger charge is -2.14. The minimum Gasteiger partial charge on any atom is -0.347 e. The lowest BCUT2D eigenvalue weighted by molar-refractivity contribution is -0.136. The highest BCUT2D eigenvalue weighted by atomic mass is 32.2. The van der Waals surface area contributed by atoms with Crippen LogP contribution in [0, 0.1) is 0 Å². The number of anilines is 1. The molecular formula is C13H19N5O4S. The molecule has 1 aromatic rings. The third-order valence-electron chi connectivity index (χ3n) is 3.34. The molecule has 0 aromatic carbocycles. The van der Waals surface area contributed by atoms with E-state index in [2.05, 4.69) is 20.6 Å². The molecule has 0 atom stereocenters. The Labute approximate surface area is 134 Å². The summed E-state index contributed by atoms with van der Waals surface area (Å²) in [5, 5.41) is 4.77. The van der Waals surface area contributed by atoms with Gasteiger partial charge >= 0.3 is 11.8 Å². The summed E-state index contributed by atoms with van der Waals surface area (Å²) in [6, 6.07) is 0. The van der Waals surface area contributed by atoms with E-state index in [0.29, 0.717) is 30.9 Å². The van der Waals surface area contributed by atoms with Crippen LogP contribution in [0.1, 0.15) is 19.2 Å². The Balaban J connectivity index is 1.77. The normalized spacial score (nSPS) is 16.9. The van der Waals surface area contributed by atoms with E-state index in [1.54, 1.807) is 0 Å². The zero-order valence-corrected chi connectivity index (χ0v) is 13.6. The third-order valence-corrected chi connectivity index (χ3v) is 5.29. The monoisotopic (exact) mass is 341 g/mol. The number of aromatic nitrogens is 2. The van der Waals surface area contributed by atoms with Crippen LogP contribution in [0.15, 0.2) is 12.4 Å². The van der Waals surface area contributed by atoms with Crippen molar-refractivity contribution >= 4 is 27.5 Å². The van der Waals surface area contributed by atoms with Gasteiger partial charge in [0.25, 0.3) is 0 Å². The SMILES string of the molecule is CCc1ncc(NC(=O)C(=O)NCCN2CCCS2(=O)=O)cn1. The van der Waals surface area contributed by atoms with Crippen molar-refractivity contribution in [1.82, 2.24) is 19.6 Å². The van der Waals surface area contributed by atoms with Crippen molar-refractivity contribution in [2.24, 2.45) is 0 Å². The molecule has 0 saturated carbocycles. The van der Waals surface area contributed by atoms with Gasteiger partial charge in [-0.2, -0.15) is 0 Å². The molecule has 2 rings (SSSR count). The molecule has 0 bridgehead atoms. The molecule has 0 unspecified atom stereocenters. The summed E-state index contributed by atoms with van der Waals surface area (Å²) >= 11 is 0. The van der Waals surface area contributed by atoms with Crippen LogP contribution in [0.5, 0.6) is 0 Å². The molecule has 1 saturated heterocycles. The summed E-state index contributed by atoms with van der Waals surface area (Å²) in [5.74, 6) is -0.905. The van der Waals surface area contributed by atoms with E-state index in [1.165, 1.54) is 16.7 Å². The lowest BCUT2D eigenvalue weighted by Crippen LogP contribution is -2.40. The van der Waals surface area contributed by atoms with Crippen molar-refractivity contribution < 1.29 is 18.0 Å². The molecule has 2 amide bonds. The maximum atomic E-state index is 11.7. The van der Waals surface area contributed by atoms with Gasteiger partial charge in [0.1, 0.15) is 5.82 Å². The van der Waals surface area contributed by atoms with Gasteiger partial charge in [0.2, 0.25) is 10.0 Å². The molecule has 0 radical (unpaired) electrons. The molecule has 10 heteroatoms. The smallest absolute Gasteiger partial charge is 0.313 e. The molecule has 2 heterocycles. The zero-order chi connectivity index (χ0) is 16.9. The molecule has 126 valence electrons. The van der Waals surface area contributed by atoms with Crippen molar-refractivity contribution in [1.29, 1.82) is 0 Å². The van der Waals surface area contributed by atoms with Gasteiger partial charge in [0.05, 0.1) is 23.8 Å². The van der Waals surface area contributed by atoms with Crippen LogP contribution >= 0.6 is 0 Å². The standard InChI is InChI=1S/C13H19N5O4S/c1-2-11-15-8-10(9-16-11)17-13(20)12(19)14-4-6-18-5-3-7-23(18,21)22/h8-9H,2-7H2,1H3,(H,14,19)(H,17,20). The van der Waals surface area contributed by atoms with Crippen LogP contribution in [0.2, 0.25) is 0 Å². The summed E-state index contributed by atoms with van der Waals surface area (Å²) in [7, 11) is -3.20. The molecule has 1 fully saturated rings. The first-order valence-electron chi connectivity index (χ1n) is 7.30. The number of nitrogens with one attached hydrogen (secondary N) is 2. The molecular weight excluding hydrogens is 322 g/mol. The summed E-state index contributed by atoms with van der Waals surface area (Å²) in [4.78, 5) is 31.4. The van der Waals surface area contributed by atoms with E-state index < -0.39 is 21.8 Å². The Morgan fingerprint density at radius 1 is 1.26 bits per heavy atom. The average molecular weight is 341 g/mol. The predicted molar refractivity (Wildman–Crippen MR) is 83.0 cm³/mol. The van der Waals surface area contributed by atoms with E-state index in [4.69, 9.17) is 0 Å². The second-order valence-corrected chi connectivity index (χ2v) is 7.11. The van der Waals surface area contributed by atoms with Crippen molar-refractivity contribution in [3.8, 4) is 0 Å². The van der Waals surface area contributed by atoms with Gasteiger partial charge in [-0.3, -0.25) is 9.59 Å². The molecule has 0 spiro atoms. The van der Waals surface area contributed by atoms with Gasteiger partial charge in [-0.05, 0) is 6.42 Å². The molecule has 1 aliphatic rings. The van der Waals surface area contributed by atoms with Gasteiger partial charge in [-0.15, -0.1) is 0 Å². The van der Waals surface area contributed by atoms with Gasteiger partial charge in [0.15, 0.2) is 0 Å². The molecule has 2 N–H and O–H groups in total. The number of amides is 2. The Hall–Kier alpha value is -2.07. The van der Waals surface area contributed by atoms with Gasteiger partial charge in [0, 0.05) is 26.1 Å². The Morgan fingerprint density at radius 3 is 2.52 bits per heavy atom. The van der Waals surface area contributed by atoms with Crippen molar-refractivity contribution in [2.45, 2.75) is 19.8 Å². The second kappa shape index (κ2) is 7.47. The fourth-order valence-electron chi connectivity index (χ4n) is 2.11. The largest absolute Gasteiger partial charge is 0.347 e. The minimum absolute atomic E-state index is 0.0801. The zero-order valence-electron chi connectivity index (χ0n) is 12.8. The van der Waals surface area contributed by atoms with Crippen molar-refractivity contribution in [3.05, 3.63) is 18.2 Å². The second-order valence-electron chi connectivity index (χ2n) is 5.02. The number of hydrogen-bond acceptors (Lipinski definition) is 6. The van der Waals surface area contributed by atoms with E-state index >= 15 is 0 Å². The van der Waals surface area contributed by atoms with Crippen molar-refractivity contribution in [3.63, 3.8) is 0 Å². The van der Waals surface area contributed by atoms with E-state index in [1.807, 2.05) is 6.92 Å². The highest BCUT2D eigenvalue weighted by molar-refractivity contribution is 7.89. The third kappa shape index (κ3) is 4.70. The number of carbonyl (C=O) groups is 2. The van der Waals surface area contributed by atoms with Gasteiger partial charge in [-0.25, -0.2) is 22.7 Å². The van der Waals surface area contributed by atoms with E-state index in [-0.39, 0.29) is 18.8 Å². The molecule has 9 nitrogen and oxygen atoms in total. The summed E-state index contributed by atoms with van der Waals surface area (Å²) in [6.07, 6.45) is 4.11. The fourth-order valence-corrected chi connectivity index (χ4v) is 3.64. The number of nitrogens with zero attached hydrogens (tertiary/aromatic N) is 3. The first-order valence-corrected chi connectivity index (χ1v) is 8.91. The maximum Gasteiger partial charge on any atom is 0.313 e. The van der Waals surface area contributed by atoms with Crippen molar-refractivity contribution in [2.75, 3.05) is 30.7 Å². The first kappa shape index (κ1) is 17.3. The van der Waals surface area contributed by atoms with E-state index in [9.17, 15) is 18.0 Å². The Kier molecular flexibility index (Phi) is 5.61. The van der Waals surface area contributed by atoms with Gasteiger partial charge < -0.3 is 10.6 Å². The first-order chi connectivity index (χ1) is 10.9. The van der Waals surface area contributed by atoms with Crippen LogP contribution in [-0.2, 0) is 26.0 Å². The number of rotatable bonds is 5. The fraction of sp³-hybridized carbons (Fsp3) is 0.538. The van der Waals surface area contributed by atoms with Crippen LogP contribution in [0.4, 0.5) is 5.69 Å². The topological polar surface area (TPSA) is 121 Å². The van der Waals surface area contributed by atoms with Crippen LogP contribution < -0.4 is 10.6 Å². The lowest BCUT2D eigenvalue weighted by atomic mass is 10.4. The van der Waals surface area contributed by atoms with E-state index in [0.717, 1.165) is 0 Å². The molecule has 1 aliphatic heterocycles. The van der Waals surface area contributed by atoms with Crippen LogP contribution in [0.3, 0.4) is 0 Å². The molecule has 0 aliphatic carbocycles. The highest BCUT2D eigenvalue weighted by Crippen LogP contribution is 2.11. The number of carbonyl (C=O) groups excluding carboxylic acids is 2. The number of aryl methyl sites for hydroxylation is 1. The highest BCUT2D eigenvalue weighted by Gasteiger charge is 2.27. The van der Waals surface area contributed by atoms with Crippen LogP contribution in [-0.4, -0.2) is 59.9 Å². The maximum absolute atomic E-state index is 11.7. The minimum atomic E-state index is -3.20. The summed E-state index contributed by atoms with van der Waals surface area (Å²) in [6.45, 7) is 2.60. The predicted octanol–water partition coefficient (Wildman–Crippen LogP) is -0.871. The Bertz CT molecular complexity index is 674. The summed E-state index contributed by atoms with van der Waals surface area (Å²) < 4.78 is 24.5. The summed E-state index contributed by atoms with van der Waals surface area (Å²) in [5.41, 5.74) is 0.324. The molecule has 23 heavy (non-hydrogen) atoms. The quantitative estimate of drug-likeness (QED) is 0.672. The number of sulfonamides is 1. The number of hydrogen-bond donors (Lipinski definition) is 2. The van der Waals surface area contributed by atoms with Crippen LogP contribution in [0.25, 0.3) is 0 Å². The Morgan fingerprint density at radius 2 is 1.96 bits per heavy atom. The van der Waals surface area contributed by atoms with Gasteiger partial charge in [-0.1, -0.05) is 6.92 Å². The average Bonchev–Trinajstić information content (AvgIpc) is 2.86. The molecule has 1 aromatic heterocycles.